The fourth-order valence-corrected chi connectivity index (χ4v) is 4.78. The van der Waals surface area contributed by atoms with Gasteiger partial charge >= 0.3 is 0 Å². The molecular formula is C20H24N2O3S. The highest BCUT2D eigenvalue weighted by atomic mass is 32.2. The third kappa shape index (κ3) is 3.75. The van der Waals surface area contributed by atoms with Gasteiger partial charge in [0, 0.05) is 25.2 Å². The number of hydrogen-bond acceptors (Lipinski definition) is 3. The molecule has 0 aliphatic carbocycles. The number of anilines is 1. The second-order valence-electron chi connectivity index (χ2n) is 6.54. The van der Waals surface area contributed by atoms with Gasteiger partial charge in [0.1, 0.15) is 0 Å². The van der Waals surface area contributed by atoms with Gasteiger partial charge in [-0.15, -0.1) is 0 Å². The Kier molecular flexibility index (Phi) is 5.32. The van der Waals surface area contributed by atoms with Crippen LogP contribution >= 0.6 is 0 Å². The maximum absolute atomic E-state index is 13.0. The minimum Gasteiger partial charge on any atom is -0.335 e. The quantitative estimate of drug-likeness (QED) is 0.810. The van der Waals surface area contributed by atoms with E-state index >= 15 is 0 Å². The molecule has 1 aliphatic heterocycles. The highest BCUT2D eigenvalue weighted by Gasteiger charge is 2.29. The van der Waals surface area contributed by atoms with Gasteiger partial charge in [-0.25, -0.2) is 8.42 Å². The lowest BCUT2D eigenvalue weighted by Gasteiger charge is -2.23. The van der Waals surface area contributed by atoms with Crippen molar-refractivity contribution < 1.29 is 13.2 Å². The SMILES string of the molecule is CCN(Cc1ccccc1C)C(=O)c1cccc(N2CCCS2(=O)=O)c1. The van der Waals surface area contributed by atoms with Gasteiger partial charge in [-0.2, -0.15) is 0 Å². The molecule has 1 aliphatic rings. The van der Waals surface area contributed by atoms with E-state index in [1.807, 2.05) is 38.1 Å². The lowest BCUT2D eigenvalue weighted by atomic mass is 10.1. The molecule has 26 heavy (non-hydrogen) atoms. The standard InChI is InChI=1S/C20H24N2O3S/c1-3-21(15-18-9-5-4-8-16(18)2)20(23)17-10-6-11-19(14-17)22-12-7-13-26(22,24)25/h4-6,8-11,14H,3,7,12-13,15H2,1-2H3. The third-order valence-corrected chi connectivity index (χ3v) is 6.64. The van der Waals surface area contributed by atoms with Gasteiger partial charge in [0.15, 0.2) is 0 Å². The smallest absolute Gasteiger partial charge is 0.254 e. The van der Waals surface area contributed by atoms with E-state index in [1.54, 1.807) is 29.2 Å². The van der Waals surface area contributed by atoms with Crippen LogP contribution in [0.1, 0.15) is 34.8 Å². The van der Waals surface area contributed by atoms with Gasteiger partial charge in [-0.05, 0) is 49.6 Å². The molecular weight excluding hydrogens is 348 g/mol. The molecule has 0 N–H and O–H groups in total. The Morgan fingerprint density at radius 3 is 2.58 bits per heavy atom. The first kappa shape index (κ1) is 18.5. The number of benzene rings is 2. The number of nitrogens with zero attached hydrogens (tertiary/aromatic N) is 2. The van der Waals surface area contributed by atoms with Crippen LogP contribution in [0.5, 0.6) is 0 Å². The van der Waals surface area contributed by atoms with Gasteiger partial charge in [0.2, 0.25) is 10.0 Å². The summed E-state index contributed by atoms with van der Waals surface area (Å²) in [7, 11) is -3.25. The van der Waals surface area contributed by atoms with Crippen LogP contribution in [0.3, 0.4) is 0 Å². The molecule has 0 spiro atoms. The molecule has 6 heteroatoms. The highest BCUT2D eigenvalue weighted by molar-refractivity contribution is 7.93. The van der Waals surface area contributed by atoms with Crippen LogP contribution in [-0.4, -0.2) is 38.1 Å². The van der Waals surface area contributed by atoms with Crippen LogP contribution in [0.2, 0.25) is 0 Å². The molecule has 1 fully saturated rings. The van der Waals surface area contributed by atoms with Crippen molar-refractivity contribution in [3.8, 4) is 0 Å². The summed E-state index contributed by atoms with van der Waals surface area (Å²) < 4.78 is 25.7. The zero-order chi connectivity index (χ0) is 18.7. The largest absolute Gasteiger partial charge is 0.335 e. The lowest BCUT2D eigenvalue weighted by Crippen LogP contribution is -2.31. The van der Waals surface area contributed by atoms with Crippen molar-refractivity contribution in [2.75, 3.05) is 23.1 Å². The molecule has 0 bridgehead atoms. The minimum atomic E-state index is -3.25. The van der Waals surface area contributed by atoms with Crippen molar-refractivity contribution >= 4 is 21.6 Å². The Morgan fingerprint density at radius 2 is 1.92 bits per heavy atom. The van der Waals surface area contributed by atoms with Crippen LogP contribution in [0, 0.1) is 6.92 Å². The fraction of sp³-hybridized carbons (Fsp3) is 0.350. The average Bonchev–Trinajstić information content (AvgIpc) is 3.00. The van der Waals surface area contributed by atoms with E-state index in [4.69, 9.17) is 0 Å². The predicted octanol–water partition coefficient (Wildman–Crippen LogP) is 3.20. The number of hydrogen-bond donors (Lipinski definition) is 0. The van der Waals surface area contributed by atoms with Crippen LogP contribution in [-0.2, 0) is 16.6 Å². The summed E-state index contributed by atoms with van der Waals surface area (Å²) >= 11 is 0. The van der Waals surface area contributed by atoms with Crippen LogP contribution < -0.4 is 4.31 Å². The topological polar surface area (TPSA) is 57.7 Å². The Labute approximate surface area is 155 Å². The summed E-state index contributed by atoms with van der Waals surface area (Å²) in [6, 6.07) is 14.9. The maximum atomic E-state index is 13.0. The molecule has 2 aromatic rings. The lowest BCUT2D eigenvalue weighted by molar-refractivity contribution is 0.0752. The second kappa shape index (κ2) is 7.50. The molecule has 0 atom stereocenters. The van der Waals surface area contributed by atoms with Gasteiger partial charge in [-0.1, -0.05) is 30.3 Å². The van der Waals surface area contributed by atoms with Gasteiger partial charge < -0.3 is 4.90 Å². The van der Waals surface area contributed by atoms with Crippen LogP contribution in [0.25, 0.3) is 0 Å². The second-order valence-corrected chi connectivity index (χ2v) is 8.55. The van der Waals surface area contributed by atoms with E-state index in [9.17, 15) is 13.2 Å². The number of rotatable bonds is 5. The summed E-state index contributed by atoms with van der Waals surface area (Å²) in [4.78, 5) is 14.8. The van der Waals surface area contributed by atoms with E-state index in [1.165, 1.54) is 4.31 Å². The van der Waals surface area contributed by atoms with Crippen molar-refractivity contribution in [1.82, 2.24) is 4.90 Å². The molecule has 1 amide bonds. The molecule has 1 saturated heterocycles. The summed E-state index contributed by atoms with van der Waals surface area (Å²) in [5, 5.41) is 0. The third-order valence-electron chi connectivity index (χ3n) is 4.77. The number of aryl methyl sites for hydroxylation is 1. The highest BCUT2D eigenvalue weighted by Crippen LogP contribution is 2.25. The Balaban J connectivity index is 1.84. The van der Waals surface area contributed by atoms with E-state index in [-0.39, 0.29) is 11.7 Å². The summed E-state index contributed by atoms with van der Waals surface area (Å²) in [6.07, 6.45) is 0.620. The number of carbonyl (C=O) groups is 1. The number of carbonyl (C=O) groups excluding carboxylic acids is 1. The first-order chi connectivity index (χ1) is 12.4. The van der Waals surface area contributed by atoms with Crippen molar-refractivity contribution in [3.05, 3.63) is 65.2 Å². The first-order valence-corrected chi connectivity index (χ1v) is 10.5. The normalized spacial score (nSPS) is 15.8. The molecule has 138 valence electrons. The molecule has 0 unspecified atom stereocenters. The zero-order valence-electron chi connectivity index (χ0n) is 15.2. The van der Waals surface area contributed by atoms with Crippen molar-refractivity contribution in [2.24, 2.45) is 0 Å². The van der Waals surface area contributed by atoms with Gasteiger partial charge in [0.05, 0.1) is 11.4 Å². The monoisotopic (exact) mass is 372 g/mol. The Morgan fingerprint density at radius 1 is 1.15 bits per heavy atom. The summed E-state index contributed by atoms with van der Waals surface area (Å²) in [5.41, 5.74) is 3.34. The molecule has 0 saturated carbocycles. The van der Waals surface area contributed by atoms with Crippen molar-refractivity contribution in [2.45, 2.75) is 26.8 Å². The average molecular weight is 372 g/mol. The molecule has 0 aromatic heterocycles. The summed E-state index contributed by atoms with van der Waals surface area (Å²) in [6.45, 7) is 5.58. The van der Waals surface area contributed by atoms with E-state index in [0.717, 1.165) is 11.1 Å². The molecule has 1 heterocycles. The molecule has 5 nitrogen and oxygen atoms in total. The zero-order valence-corrected chi connectivity index (χ0v) is 16.0. The van der Waals surface area contributed by atoms with Crippen LogP contribution in [0.4, 0.5) is 5.69 Å². The van der Waals surface area contributed by atoms with E-state index in [2.05, 4.69) is 0 Å². The minimum absolute atomic E-state index is 0.0887. The first-order valence-electron chi connectivity index (χ1n) is 8.86. The fourth-order valence-electron chi connectivity index (χ4n) is 3.23. The van der Waals surface area contributed by atoms with E-state index < -0.39 is 10.0 Å². The van der Waals surface area contributed by atoms with Crippen LogP contribution in [0.15, 0.2) is 48.5 Å². The van der Waals surface area contributed by atoms with Crippen molar-refractivity contribution in [1.29, 1.82) is 0 Å². The number of sulfonamides is 1. The molecule has 0 radical (unpaired) electrons. The number of amides is 1. The Hall–Kier alpha value is -2.34. The summed E-state index contributed by atoms with van der Waals surface area (Å²) in [5.74, 6) is 0.0775. The van der Waals surface area contributed by atoms with Gasteiger partial charge in [-0.3, -0.25) is 9.10 Å². The molecule has 3 rings (SSSR count). The van der Waals surface area contributed by atoms with Crippen molar-refractivity contribution in [3.63, 3.8) is 0 Å². The molecule has 2 aromatic carbocycles. The van der Waals surface area contributed by atoms with E-state index in [0.29, 0.717) is 37.3 Å². The van der Waals surface area contributed by atoms with Gasteiger partial charge in [0.25, 0.3) is 5.91 Å². The maximum Gasteiger partial charge on any atom is 0.254 e. The Bertz CT molecular complexity index is 909. The predicted molar refractivity (Wildman–Crippen MR) is 104 cm³/mol.